The van der Waals surface area contributed by atoms with Gasteiger partial charge in [0.05, 0.1) is 0 Å². The minimum absolute atomic E-state index is 0.0376. The first-order chi connectivity index (χ1) is 13.0. The molecule has 142 valence electrons. The smallest absolute Gasteiger partial charge is 0.302 e. The highest BCUT2D eigenvalue weighted by molar-refractivity contribution is 6.03. The highest BCUT2D eigenvalue weighted by atomic mass is 16.1. The molecule has 1 fully saturated rings. The van der Waals surface area contributed by atoms with Gasteiger partial charge in [0.2, 0.25) is 5.95 Å². The van der Waals surface area contributed by atoms with Crippen molar-refractivity contribution in [3.63, 3.8) is 0 Å². The van der Waals surface area contributed by atoms with Crippen LogP contribution in [0.5, 0.6) is 0 Å². The Labute approximate surface area is 155 Å². The van der Waals surface area contributed by atoms with Crippen LogP contribution in [0, 0.1) is 0 Å². The van der Waals surface area contributed by atoms with E-state index in [0.717, 1.165) is 38.8 Å². The van der Waals surface area contributed by atoms with Crippen LogP contribution in [0.2, 0.25) is 0 Å². The van der Waals surface area contributed by atoms with Gasteiger partial charge in [-0.25, -0.2) is 19.9 Å². The second kappa shape index (κ2) is 7.81. The lowest BCUT2D eigenvalue weighted by molar-refractivity contribution is 0.0998. The van der Waals surface area contributed by atoms with E-state index in [0.29, 0.717) is 17.1 Å². The fourth-order valence-electron chi connectivity index (χ4n) is 2.92. The van der Waals surface area contributed by atoms with Gasteiger partial charge in [-0.3, -0.25) is 4.79 Å². The van der Waals surface area contributed by atoms with Gasteiger partial charge in [-0.2, -0.15) is 4.99 Å². The summed E-state index contributed by atoms with van der Waals surface area (Å²) in [4.78, 5) is 34.7. The zero-order valence-electron chi connectivity index (χ0n) is 14.8. The summed E-state index contributed by atoms with van der Waals surface area (Å²) in [5.41, 5.74) is 23.0. The Kier molecular flexibility index (Phi) is 5.29. The maximum Gasteiger partial charge on any atom is 0.302 e. The van der Waals surface area contributed by atoms with Gasteiger partial charge in [-0.1, -0.05) is 12.8 Å². The number of hydrogen-bond acceptors (Lipinski definition) is 8. The number of hydrogen-bond donors (Lipinski definition) is 4. The van der Waals surface area contributed by atoms with Gasteiger partial charge in [-0.05, 0) is 12.8 Å². The van der Waals surface area contributed by atoms with Crippen LogP contribution >= 0.6 is 0 Å². The standard InChI is InChI=1S/C16H22N10O/c17-12-11(14(27)25-15(18)19)23-10(9-7-21-16(20)22-8-9)13(24-12)26-5-3-1-2-4-6-26/h7-8H,1-6H2,(H2,17,24)(H2,20,21,22)(H4,18,19,25,27). The zero-order chi connectivity index (χ0) is 19.4. The number of aromatic nitrogens is 4. The van der Waals surface area contributed by atoms with Gasteiger partial charge >= 0.3 is 5.91 Å². The maximum atomic E-state index is 12.3. The summed E-state index contributed by atoms with van der Waals surface area (Å²) < 4.78 is 0. The van der Waals surface area contributed by atoms with E-state index >= 15 is 0 Å². The van der Waals surface area contributed by atoms with E-state index in [2.05, 4.69) is 29.8 Å². The zero-order valence-corrected chi connectivity index (χ0v) is 14.8. The first-order valence-corrected chi connectivity index (χ1v) is 8.60. The molecule has 2 aromatic rings. The molecule has 2 aromatic heterocycles. The SMILES string of the molecule is NC(N)=NC(=O)c1nc(-c2cnc(N)nc2)c(N2CCCCCC2)nc1N. The summed E-state index contributed by atoms with van der Waals surface area (Å²) >= 11 is 0. The van der Waals surface area contributed by atoms with Gasteiger partial charge in [0.1, 0.15) is 5.69 Å². The first-order valence-electron chi connectivity index (χ1n) is 8.60. The molecular formula is C16H22N10O. The molecule has 0 unspecified atom stereocenters. The number of nitrogens with zero attached hydrogens (tertiary/aromatic N) is 6. The Morgan fingerprint density at radius 3 is 2.22 bits per heavy atom. The second-order valence-electron chi connectivity index (χ2n) is 6.20. The molecule has 27 heavy (non-hydrogen) atoms. The van der Waals surface area contributed by atoms with E-state index in [1.165, 1.54) is 12.4 Å². The molecule has 1 saturated heterocycles. The average molecular weight is 370 g/mol. The van der Waals surface area contributed by atoms with E-state index in [1.54, 1.807) is 0 Å². The van der Waals surface area contributed by atoms with Crippen molar-refractivity contribution in [2.45, 2.75) is 25.7 Å². The number of amides is 1. The van der Waals surface area contributed by atoms with Crippen molar-refractivity contribution in [3.8, 4) is 11.3 Å². The maximum absolute atomic E-state index is 12.3. The Bertz CT molecular complexity index is 852. The fourth-order valence-corrected chi connectivity index (χ4v) is 2.92. The molecule has 0 bridgehead atoms. The van der Waals surface area contributed by atoms with Crippen LogP contribution < -0.4 is 27.8 Å². The molecule has 0 saturated carbocycles. The van der Waals surface area contributed by atoms with E-state index in [4.69, 9.17) is 22.9 Å². The van der Waals surface area contributed by atoms with Crippen molar-refractivity contribution >= 4 is 29.5 Å². The number of guanidine groups is 1. The average Bonchev–Trinajstić information content (AvgIpc) is 2.91. The number of rotatable bonds is 3. The third-order valence-corrected chi connectivity index (χ3v) is 4.19. The van der Waals surface area contributed by atoms with Gasteiger partial charge in [-0.15, -0.1) is 0 Å². The molecule has 1 aliphatic rings. The van der Waals surface area contributed by atoms with Crippen LogP contribution in [0.4, 0.5) is 17.6 Å². The molecule has 1 aliphatic heterocycles. The predicted octanol–water partition coefficient (Wildman–Crippen LogP) is -0.108. The molecule has 1 amide bonds. The summed E-state index contributed by atoms with van der Waals surface area (Å²) in [5.74, 6) is -0.473. The van der Waals surface area contributed by atoms with Crippen LogP contribution in [0.3, 0.4) is 0 Å². The molecule has 3 heterocycles. The number of carbonyl (C=O) groups is 1. The minimum atomic E-state index is -0.764. The number of nitrogen functional groups attached to an aromatic ring is 2. The molecule has 0 spiro atoms. The largest absolute Gasteiger partial charge is 0.382 e. The van der Waals surface area contributed by atoms with Crippen LogP contribution in [0.25, 0.3) is 11.3 Å². The summed E-state index contributed by atoms with van der Waals surface area (Å²) in [6.45, 7) is 1.64. The van der Waals surface area contributed by atoms with Crippen molar-refractivity contribution < 1.29 is 4.79 Å². The fraction of sp³-hybridized carbons (Fsp3) is 0.375. The lowest BCUT2D eigenvalue weighted by atomic mass is 10.2. The van der Waals surface area contributed by atoms with Gasteiger partial charge < -0.3 is 27.8 Å². The molecule has 11 nitrogen and oxygen atoms in total. The van der Waals surface area contributed by atoms with E-state index < -0.39 is 5.91 Å². The van der Waals surface area contributed by atoms with Crippen LogP contribution in [-0.2, 0) is 0 Å². The number of nitrogens with two attached hydrogens (primary N) is 4. The second-order valence-corrected chi connectivity index (χ2v) is 6.20. The molecule has 0 aliphatic carbocycles. The van der Waals surface area contributed by atoms with Crippen molar-refractivity contribution in [2.75, 3.05) is 29.5 Å². The number of anilines is 3. The first kappa shape index (κ1) is 18.3. The van der Waals surface area contributed by atoms with E-state index in [1.807, 2.05) is 0 Å². The summed E-state index contributed by atoms with van der Waals surface area (Å²) in [7, 11) is 0. The van der Waals surface area contributed by atoms with Gasteiger partial charge in [0.15, 0.2) is 23.3 Å². The predicted molar refractivity (Wildman–Crippen MR) is 103 cm³/mol. The third-order valence-electron chi connectivity index (χ3n) is 4.19. The molecule has 8 N–H and O–H groups in total. The highest BCUT2D eigenvalue weighted by Gasteiger charge is 2.23. The van der Waals surface area contributed by atoms with Gasteiger partial charge in [0.25, 0.3) is 0 Å². The number of aliphatic imine (C=N–C) groups is 1. The van der Waals surface area contributed by atoms with E-state index in [-0.39, 0.29) is 23.4 Å². The molecule has 3 rings (SSSR count). The molecule has 11 heteroatoms. The van der Waals surface area contributed by atoms with Crippen LogP contribution in [0.15, 0.2) is 17.4 Å². The Balaban J connectivity index is 2.13. The van der Waals surface area contributed by atoms with Crippen molar-refractivity contribution in [1.82, 2.24) is 19.9 Å². The molecule has 0 aromatic carbocycles. The van der Waals surface area contributed by atoms with Crippen molar-refractivity contribution in [1.29, 1.82) is 0 Å². The van der Waals surface area contributed by atoms with Crippen molar-refractivity contribution in [2.24, 2.45) is 16.5 Å². The van der Waals surface area contributed by atoms with Gasteiger partial charge in [0, 0.05) is 31.0 Å². The minimum Gasteiger partial charge on any atom is -0.382 e. The van der Waals surface area contributed by atoms with Crippen molar-refractivity contribution in [3.05, 3.63) is 18.1 Å². The molecule has 0 radical (unpaired) electrons. The van der Waals surface area contributed by atoms with Crippen LogP contribution in [0.1, 0.15) is 36.2 Å². The molecular weight excluding hydrogens is 348 g/mol. The Morgan fingerprint density at radius 2 is 1.63 bits per heavy atom. The Hall–Kier alpha value is -3.50. The normalized spacial score (nSPS) is 14.4. The molecule has 0 atom stereocenters. The number of carbonyl (C=O) groups excluding carboxylic acids is 1. The monoisotopic (exact) mass is 370 g/mol. The lowest BCUT2D eigenvalue weighted by Gasteiger charge is -2.24. The van der Waals surface area contributed by atoms with E-state index in [9.17, 15) is 4.79 Å². The summed E-state index contributed by atoms with van der Waals surface area (Å²) in [6, 6.07) is 0. The summed E-state index contributed by atoms with van der Waals surface area (Å²) in [6.07, 6.45) is 7.43. The lowest BCUT2D eigenvalue weighted by Crippen LogP contribution is -2.28. The van der Waals surface area contributed by atoms with Crippen LogP contribution in [-0.4, -0.2) is 44.9 Å². The topological polar surface area (TPSA) is 188 Å². The quantitative estimate of drug-likeness (QED) is 0.419. The summed E-state index contributed by atoms with van der Waals surface area (Å²) in [5, 5.41) is 0. The highest BCUT2D eigenvalue weighted by Crippen LogP contribution is 2.30. The Morgan fingerprint density at radius 1 is 1.00 bits per heavy atom. The third kappa shape index (κ3) is 4.19.